The third kappa shape index (κ3) is 4.32. The molecule has 1 atom stereocenters. The number of likely N-dealkylation sites (N-methyl/N-ethyl adjacent to an activating group) is 1. The molecule has 1 fully saturated rings. The predicted octanol–water partition coefficient (Wildman–Crippen LogP) is -0.249. The standard InChI is InChI=1S/C12H17N3O4S/c1-14-4-5-19-9(6-14)7-15-3-2-10(16)13-12(15)20-8-11(17)18/h2-3,9H,4-8H2,1H3,(H,17,18). The first-order valence-corrected chi connectivity index (χ1v) is 7.25. The van der Waals surface area contributed by atoms with Crippen LogP contribution < -0.4 is 5.56 Å². The smallest absolute Gasteiger partial charge is 0.313 e. The third-order valence-electron chi connectivity index (χ3n) is 2.92. The molecule has 8 heteroatoms. The normalized spacial score (nSPS) is 19.9. The van der Waals surface area contributed by atoms with Crippen LogP contribution in [-0.2, 0) is 16.1 Å². The zero-order chi connectivity index (χ0) is 14.5. The highest BCUT2D eigenvalue weighted by atomic mass is 32.2. The van der Waals surface area contributed by atoms with E-state index in [0.717, 1.165) is 24.9 Å². The van der Waals surface area contributed by atoms with Crippen LogP contribution in [0.2, 0.25) is 0 Å². The summed E-state index contributed by atoms with van der Waals surface area (Å²) in [7, 11) is 2.03. The Bertz CT molecular complexity index is 534. The van der Waals surface area contributed by atoms with Crippen molar-refractivity contribution >= 4 is 17.7 Å². The minimum atomic E-state index is -0.937. The van der Waals surface area contributed by atoms with Crippen molar-refractivity contribution in [2.24, 2.45) is 0 Å². The molecule has 0 amide bonds. The average molecular weight is 299 g/mol. The third-order valence-corrected chi connectivity index (χ3v) is 3.89. The number of carboxylic acid groups (broad SMARTS) is 1. The van der Waals surface area contributed by atoms with Crippen LogP contribution in [0.4, 0.5) is 0 Å². The molecule has 1 aliphatic rings. The molecular formula is C12H17N3O4S. The molecule has 110 valence electrons. The van der Waals surface area contributed by atoms with Gasteiger partial charge in [-0.1, -0.05) is 11.8 Å². The van der Waals surface area contributed by atoms with Gasteiger partial charge < -0.3 is 19.3 Å². The molecule has 1 aromatic heterocycles. The highest BCUT2D eigenvalue weighted by molar-refractivity contribution is 7.99. The van der Waals surface area contributed by atoms with Gasteiger partial charge in [-0.3, -0.25) is 9.59 Å². The SMILES string of the molecule is CN1CCOC(Cn2ccc(=O)nc2SCC(=O)O)C1. The van der Waals surface area contributed by atoms with E-state index in [4.69, 9.17) is 9.84 Å². The molecule has 1 N–H and O–H groups in total. The molecule has 7 nitrogen and oxygen atoms in total. The van der Waals surface area contributed by atoms with E-state index in [2.05, 4.69) is 9.88 Å². The fourth-order valence-electron chi connectivity index (χ4n) is 1.99. The Kier molecular flexibility index (Phi) is 5.16. The number of aromatic nitrogens is 2. The van der Waals surface area contributed by atoms with Crippen LogP contribution in [0.25, 0.3) is 0 Å². The van der Waals surface area contributed by atoms with Gasteiger partial charge in [0.25, 0.3) is 5.56 Å². The first-order valence-electron chi connectivity index (χ1n) is 6.27. The molecule has 2 heterocycles. The van der Waals surface area contributed by atoms with Gasteiger partial charge in [0.1, 0.15) is 0 Å². The van der Waals surface area contributed by atoms with E-state index in [0.29, 0.717) is 18.3 Å². The number of carbonyl (C=O) groups is 1. The topological polar surface area (TPSA) is 84.7 Å². The molecule has 1 saturated heterocycles. The van der Waals surface area contributed by atoms with Crippen LogP contribution in [0, 0.1) is 0 Å². The largest absolute Gasteiger partial charge is 0.481 e. The molecule has 2 rings (SSSR count). The summed E-state index contributed by atoms with van der Waals surface area (Å²) in [5.74, 6) is -1.06. The monoisotopic (exact) mass is 299 g/mol. The number of carboxylic acids is 1. The van der Waals surface area contributed by atoms with Crippen LogP contribution >= 0.6 is 11.8 Å². The highest BCUT2D eigenvalue weighted by Gasteiger charge is 2.19. The zero-order valence-corrected chi connectivity index (χ0v) is 12.0. The Morgan fingerprint density at radius 3 is 3.15 bits per heavy atom. The summed E-state index contributed by atoms with van der Waals surface area (Å²) < 4.78 is 7.45. The van der Waals surface area contributed by atoms with Crippen molar-refractivity contribution in [1.82, 2.24) is 14.5 Å². The van der Waals surface area contributed by atoms with Crippen molar-refractivity contribution in [1.29, 1.82) is 0 Å². The first kappa shape index (κ1) is 15.0. The number of rotatable bonds is 5. The Morgan fingerprint density at radius 2 is 2.45 bits per heavy atom. The number of morpholine rings is 1. The van der Waals surface area contributed by atoms with Crippen LogP contribution in [0.1, 0.15) is 0 Å². The van der Waals surface area contributed by atoms with Crippen LogP contribution in [0.5, 0.6) is 0 Å². The lowest BCUT2D eigenvalue weighted by Crippen LogP contribution is -2.42. The van der Waals surface area contributed by atoms with E-state index < -0.39 is 5.97 Å². The summed E-state index contributed by atoms with van der Waals surface area (Å²) in [5, 5.41) is 9.14. The quantitative estimate of drug-likeness (QED) is 0.593. The second-order valence-corrected chi connectivity index (χ2v) is 5.58. The zero-order valence-electron chi connectivity index (χ0n) is 11.2. The lowest BCUT2D eigenvalue weighted by molar-refractivity contribution is -0.133. The van der Waals surface area contributed by atoms with Gasteiger partial charge in [0.2, 0.25) is 0 Å². The summed E-state index contributed by atoms with van der Waals surface area (Å²) in [6.45, 7) is 2.93. The van der Waals surface area contributed by atoms with E-state index in [9.17, 15) is 9.59 Å². The van der Waals surface area contributed by atoms with E-state index in [-0.39, 0.29) is 17.4 Å². The summed E-state index contributed by atoms with van der Waals surface area (Å²) in [4.78, 5) is 28.0. The van der Waals surface area contributed by atoms with Crippen molar-refractivity contribution in [3.63, 3.8) is 0 Å². The first-order chi connectivity index (χ1) is 9.54. The molecule has 0 bridgehead atoms. The molecule has 0 aromatic carbocycles. The molecule has 20 heavy (non-hydrogen) atoms. The van der Waals surface area contributed by atoms with Crippen molar-refractivity contribution in [2.75, 3.05) is 32.5 Å². The van der Waals surface area contributed by atoms with Gasteiger partial charge in [-0.15, -0.1) is 0 Å². The van der Waals surface area contributed by atoms with Crippen molar-refractivity contribution in [3.05, 3.63) is 22.6 Å². The Labute approximate surface area is 120 Å². The number of hydrogen-bond acceptors (Lipinski definition) is 6. The fraction of sp³-hybridized carbons (Fsp3) is 0.583. The van der Waals surface area contributed by atoms with Crippen LogP contribution in [-0.4, -0.2) is 64.1 Å². The van der Waals surface area contributed by atoms with Gasteiger partial charge in [-0.05, 0) is 7.05 Å². The maximum absolute atomic E-state index is 11.3. The van der Waals surface area contributed by atoms with Crippen molar-refractivity contribution in [3.8, 4) is 0 Å². The number of thioether (sulfide) groups is 1. The van der Waals surface area contributed by atoms with Gasteiger partial charge in [-0.2, -0.15) is 4.98 Å². The summed E-state index contributed by atoms with van der Waals surface area (Å²) in [6.07, 6.45) is 1.65. The van der Waals surface area contributed by atoms with Gasteiger partial charge in [0.05, 0.1) is 25.0 Å². The Hall–Kier alpha value is -1.38. The van der Waals surface area contributed by atoms with Gasteiger partial charge in [0, 0.05) is 25.4 Å². The van der Waals surface area contributed by atoms with E-state index in [1.165, 1.54) is 6.07 Å². The average Bonchev–Trinajstić information content (AvgIpc) is 2.39. The van der Waals surface area contributed by atoms with Crippen LogP contribution in [0.3, 0.4) is 0 Å². The number of nitrogens with zero attached hydrogens (tertiary/aromatic N) is 3. The van der Waals surface area contributed by atoms with Gasteiger partial charge in [0.15, 0.2) is 5.16 Å². The molecule has 0 spiro atoms. The van der Waals surface area contributed by atoms with E-state index in [1.54, 1.807) is 10.8 Å². The molecule has 1 unspecified atom stereocenters. The molecule has 0 saturated carbocycles. The number of aliphatic carboxylic acids is 1. The minimum absolute atomic E-state index is 0.0160. The second-order valence-electron chi connectivity index (χ2n) is 4.64. The van der Waals surface area contributed by atoms with Gasteiger partial charge >= 0.3 is 5.97 Å². The number of hydrogen-bond donors (Lipinski definition) is 1. The summed E-state index contributed by atoms with van der Waals surface area (Å²) in [6, 6.07) is 1.37. The lowest BCUT2D eigenvalue weighted by atomic mass is 10.3. The molecule has 1 aliphatic heterocycles. The van der Waals surface area contributed by atoms with Crippen LogP contribution in [0.15, 0.2) is 22.2 Å². The maximum atomic E-state index is 11.3. The van der Waals surface area contributed by atoms with Gasteiger partial charge in [-0.25, -0.2) is 0 Å². The van der Waals surface area contributed by atoms with E-state index >= 15 is 0 Å². The summed E-state index contributed by atoms with van der Waals surface area (Å²) >= 11 is 1.04. The molecule has 0 aliphatic carbocycles. The minimum Gasteiger partial charge on any atom is -0.481 e. The number of ether oxygens (including phenoxy) is 1. The maximum Gasteiger partial charge on any atom is 0.313 e. The predicted molar refractivity (Wildman–Crippen MR) is 74.1 cm³/mol. The Morgan fingerprint density at radius 1 is 1.65 bits per heavy atom. The molecule has 0 radical (unpaired) electrons. The summed E-state index contributed by atoms with van der Waals surface area (Å²) in [5.41, 5.74) is -0.365. The van der Waals surface area contributed by atoms with E-state index in [1.807, 2.05) is 7.05 Å². The Balaban J connectivity index is 2.09. The lowest BCUT2D eigenvalue weighted by Gasteiger charge is -2.30. The van der Waals surface area contributed by atoms with Crippen molar-refractivity contribution < 1.29 is 14.6 Å². The van der Waals surface area contributed by atoms with Crippen molar-refractivity contribution in [2.45, 2.75) is 17.8 Å². The molecular weight excluding hydrogens is 282 g/mol. The molecule has 1 aromatic rings. The second kappa shape index (κ2) is 6.87. The fourth-order valence-corrected chi connectivity index (χ4v) is 2.70. The highest BCUT2D eigenvalue weighted by Crippen LogP contribution is 2.15.